The number of piperidine rings is 1. The molecule has 1 aliphatic rings. The van der Waals surface area contributed by atoms with Crippen LogP contribution >= 0.6 is 11.3 Å². The molecule has 0 spiro atoms. The number of nitrogens with two attached hydrogens (primary N) is 2. The number of anilines is 2. The van der Waals surface area contributed by atoms with Gasteiger partial charge in [-0.1, -0.05) is 11.3 Å². The Kier molecular flexibility index (Phi) is 5.77. The van der Waals surface area contributed by atoms with Gasteiger partial charge in [-0.3, -0.25) is 4.79 Å². The number of hydrogen-bond donors (Lipinski definition) is 3. The first kappa shape index (κ1) is 16.0. The summed E-state index contributed by atoms with van der Waals surface area (Å²) < 4.78 is 4.94. The van der Waals surface area contributed by atoms with Gasteiger partial charge in [-0.05, 0) is 19.3 Å². The minimum absolute atomic E-state index is 0.166. The van der Waals surface area contributed by atoms with Crippen LogP contribution in [0.15, 0.2) is 0 Å². The highest BCUT2D eigenvalue weighted by Crippen LogP contribution is 2.29. The third-order valence-electron chi connectivity index (χ3n) is 3.47. The van der Waals surface area contributed by atoms with Crippen molar-refractivity contribution in [3.63, 3.8) is 0 Å². The molecule has 7 nitrogen and oxygen atoms in total. The summed E-state index contributed by atoms with van der Waals surface area (Å²) in [5.74, 6) is 0.134. The number of carbonyl (C=O) groups excluding carboxylic acids is 1. The third kappa shape index (κ3) is 4.29. The molecule has 21 heavy (non-hydrogen) atoms. The second-order valence-electron chi connectivity index (χ2n) is 5.14. The Morgan fingerprint density at radius 3 is 2.90 bits per heavy atom. The highest BCUT2D eigenvalue weighted by atomic mass is 32.1. The summed E-state index contributed by atoms with van der Waals surface area (Å²) in [4.78, 5) is 19.0. The minimum Gasteiger partial charge on any atom is -0.385 e. The fourth-order valence-corrected chi connectivity index (χ4v) is 3.16. The maximum absolute atomic E-state index is 12.1. The number of amides is 1. The fourth-order valence-electron chi connectivity index (χ4n) is 2.21. The van der Waals surface area contributed by atoms with Gasteiger partial charge in [0.1, 0.15) is 10.7 Å². The van der Waals surface area contributed by atoms with Gasteiger partial charge in [0.25, 0.3) is 5.91 Å². The number of aromatic nitrogens is 1. The van der Waals surface area contributed by atoms with Gasteiger partial charge in [0.05, 0.1) is 0 Å². The molecule has 2 rings (SSSR count). The molecule has 1 amide bonds. The Bertz CT molecular complexity index is 471. The summed E-state index contributed by atoms with van der Waals surface area (Å²) in [7, 11) is 1.64. The zero-order valence-corrected chi connectivity index (χ0v) is 13.1. The van der Waals surface area contributed by atoms with Crippen LogP contribution in [0.1, 0.15) is 28.9 Å². The number of carbonyl (C=O) groups is 1. The Balaban J connectivity index is 1.93. The topological polar surface area (TPSA) is 106 Å². The van der Waals surface area contributed by atoms with Crippen LogP contribution in [-0.4, -0.2) is 50.3 Å². The zero-order valence-electron chi connectivity index (χ0n) is 12.3. The number of rotatable bonds is 6. The van der Waals surface area contributed by atoms with Crippen LogP contribution in [0.2, 0.25) is 0 Å². The molecule has 2 heterocycles. The molecule has 0 atom stereocenters. The first-order valence-electron chi connectivity index (χ1n) is 7.15. The molecule has 0 saturated carbocycles. The summed E-state index contributed by atoms with van der Waals surface area (Å²) in [6.07, 6.45) is 2.66. The van der Waals surface area contributed by atoms with Crippen LogP contribution in [0.25, 0.3) is 0 Å². The van der Waals surface area contributed by atoms with Crippen LogP contribution in [-0.2, 0) is 4.74 Å². The lowest BCUT2D eigenvalue weighted by atomic mass is 10.1. The quantitative estimate of drug-likeness (QED) is 0.657. The van der Waals surface area contributed by atoms with Crippen molar-refractivity contribution in [3.8, 4) is 0 Å². The number of nitrogen functional groups attached to an aromatic ring is 1. The summed E-state index contributed by atoms with van der Waals surface area (Å²) in [5, 5.41) is 3.64. The van der Waals surface area contributed by atoms with Crippen molar-refractivity contribution in [1.29, 1.82) is 0 Å². The number of nitrogens with one attached hydrogen (secondary N) is 1. The number of thiazole rings is 1. The molecule has 0 bridgehead atoms. The first-order chi connectivity index (χ1) is 10.1. The van der Waals surface area contributed by atoms with Crippen molar-refractivity contribution in [2.75, 3.05) is 44.0 Å². The molecule has 118 valence electrons. The van der Waals surface area contributed by atoms with Crippen LogP contribution in [0.5, 0.6) is 0 Å². The summed E-state index contributed by atoms with van der Waals surface area (Å²) in [6.45, 7) is 2.92. The van der Waals surface area contributed by atoms with Gasteiger partial charge >= 0.3 is 0 Å². The minimum atomic E-state index is -0.166. The van der Waals surface area contributed by atoms with E-state index < -0.39 is 0 Å². The Morgan fingerprint density at radius 1 is 1.52 bits per heavy atom. The monoisotopic (exact) mass is 313 g/mol. The molecular formula is C13H23N5O2S. The largest absolute Gasteiger partial charge is 0.385 e. The van der Waals surface area contributed by atoms with Gasteiger partial charge < -0.3 is 26.4 Å². The van der Waals surface area contributed by atoms with Gasteiger partial charge in [-0.25, -0.2) is 4.98 Å². The van der Waals surface area contributed by atoms with Gasteiger partial charge in [-0.15, -0.1) is 0 Å². The maximum atomic E-state index is 12.1. The predicted molar refractivity (Wildman–Crippen MR) is 84.8 cm³/mol. The van der Waals surface area contributed by atoms with E-state index >= 15 is 0 Å². The predicted octanol–water partition coefficient (Wildman–Crippen LogP) is 0.419. The first-order valence-corrected chi connectivity index (χ1v) is 7.97. The highest BCUT2D eigenvalue weighted by molar-refractivity contribution is 7.18. The molecule has 0 radical (unpaired) electrons. The SMILES string of the molecule is COCCCNC(=O)c1sc(N2CCC(N)CC2)nc1N. The maximum Gasteiger partial charge on any atom is 0.265 e. The van der Waals surface area contributed by atoms with E-state index in [-0.39, 0.29) is 11.9 Å². The van der Waals surface area contributed by atoms with Crippen molar-refractivity contribution in [2.24, 2.45) is 5.73 Å². The van der Waals surface area contributed by atoms with Crippen molar-refractivity contribution >= 4 is 28.2 Å². The normalized spacial score (nSPS) is 16.2. The van der Waals surface area contributed by atoms with Gasteiger partial charge in [0.2, 0.25) is 0 Å². The number of ether oxygens (including phenoxy) is 1. The molecule has 0 aromatic carbocycles. The molecule has 1 fully saturated rings. The Hall–Kier alpha value is -1.38. The Labute approximate surface area is 128 Å². The molecule has 5 N–H and O–H groups in total. The van der Waals surface area contributed by atoms with E-state index in [1.807, 2.05) is 0 Å². The summed E-state index contributed by atoms with van der Waals surface area (Å²) >= 11 is 1.34. The van der Waals surface area contributed by atoms with Gasteiger partial charge in [0, 0.05) is 39.4 Å². The zero-order chi connectivity index (χ0) is 15.2. The van der Waals surface area contributed by atoms with Crippen molar-refractivity contribution in [3.05, 3.63) is 4.88 Å². The van der Waals surface area contributed by atoms with Crippen LogP contribution < -0.4 is 21.7 Å². The van der Waals surface area contributed by atoms with E-state index in [0.717, 1.165) is 37.5 Å². The summed E-state index contributed by atoms with van der Waals surface area (Å²) in [5.41, 5.74) is 11.8. The average molecular weight is 313 g/mol. The van der Waals surface area contributed by atoms with Gasteiger partial charge in [-0.2, -0.15) is 0 Å². The van der Waals surface area contributed by atoms with Crippen LogP contribution in [0.3, 0.4) is 0 Å². The number of hydrogen-bond acceptors (Lipinski definition) is 7. The van der Waals surface area contributed by atoms with Crippen LogP contribution in [0, 0.1) is 0 Å². The van der Waals surface area contributed by atoms with E-state index in [1.165, 1.54) is 11.3 Å². The van der Waals surface area contributed by atoms with Crippen LogP contribution in [0.4, 0.5) is 10.9 Å². The lowest BCUT2D eigenvalue weighted by molar-refractivity contribution is 0.0953. The molecular weight excluding hydrogens is 290 g/mol. The van der Waals surface area contributed by atoms with E-state index in [1.54, 1.807) is 7.11 Å². The molecule has 0 unspecified atom stereocenters. The van der Waals surface area contributed by atoms with Crippen molar-refractivity contribution in [1.82, 2.24) is 10.3 Å². The molecule has 1 aliphatic heterocycles. The number of nitrogens with zero attached hydrogens (tertiary/aromatic N) is 2. The Morgan fingerprint density at radius 2 is 2.24 bits per heavy atom. The van der Waals surface area contributed by atoms with Crippen molar-refractivity contribution in [2.45, 2.75) is 25.3 Å². The van der Waals surface area contributed by atoms with E-state index in [0.29, 0.717) is 23.8 Å². The van der Waals surface area contributed by atoms with E-state index in [2.05, 4.69) is 15.2 Å². The van der Waals surface area contributed by atoms with Gasteiger partial charge in [0.15, 0.2) is 5.13 Å². The molecule has 0 aliphatic carbocycles. The molecule has 1 saturated heterocycles. The molecule has 1 aromatic rings. The van der Waals surface area contributed by atoms with E-state index in [9.17, 15) is 4.79 Å². The standard InChI is InChI=1S/C13H23N5O2S/c1-20-8-2-5-16-12(19)10-11(15)17-13(21-10)18-6-3-9(14)4-7-18/h9H,2-8,14-15H2,1H3,(H,16,19). The smallest absolute Gasteiger partial charge is 0.265 e. The molecule has 1 aromatic heterocycles. The lowest BCUT2D eigenvalue weighted by Gasteiger charge is -2.29. The second-order valence-corrected chi connectivity index (χ2v) is 6.12. The average Bonchev–Trinajstić information content (AvgIpc) is 2.86. The highest BCUT2D eigenvalue weighted by Gasteiger charge is 2.22. The van der Waals surface area contributed by atoms with Crippen molar-refractivity contribution < 1.29 is 9.53 Å². The third-order valence-corrected chi connectivity index (χ3v) is 4.60. The lowest BCUT2D eigenvalue weighted by Crippen LogP contribution is -2.39. The number of methoxy groups -OCH3 is 1. The molecule has 8 heteroatoms. The van der Waals surface area contributed by atoms with E-state index in [4.69, 9.17) is 16.2 Å². The fraction of sp³-hybridized carbons (Fsp3) is 0.692. The second kappa shape index (κ2) is 7.58. The summed E-state index contributed by atoms with van der Waals surface area (Å²) in [6, 6.07) is 0.266.